The van der Waals surface area contributed by atoms with Crippen LogP contribution >= 0.6 is 11.6 Å². The van der Waals surface area contributed by atoms with Gasteiger partial charge in [-0.15, -0.1) is 0 Å². The van der Waals surface area contributed by atoms with E-state index in [1.165, 1.54) is 6.20 Å². The lowest BCUT2D eigenvalue weighted by molar-refractivity contribution is -0.120. The highest BCUT2D eigenvalue weighted by atomic mass is 35.5. The first-order valence-corrected chi connectivity index (χ1v) is 11.6. The number of aromatic nitrogens is 3. The van der Waals surface area contributed by atoms with Crippen molar-refractivity contribution in [2.24, 2.45) is 0 Å². The average Bonchev–Trinajstić information content (AvgIpc) is 3.40. The van der Waals surface area contributed by atoms with Crippen molar-refractivity contribution in [3.63, 3.8) is 0 Å². The van der Waals surface area contributed by atoms with Gasteiger partial charge in [0.15, 0.2) is 5.82 Å². The SMILES string of the molecule is O=C(Nc1ccc(CN2C(=O)c3ccc(Cl)cc3NC(=O)C2Cc2ccccn2)cc1)c1ncc[nH]1. The molecule has 1 aliphatic heterocycles. The molecule has 1 aliphatic rings. The Kier molecular flexibility index (Phi) is 6.46. The molecule has 0 saturated heterocycles. The van der Waals surface area contributed by atoms with E-state index in [2.05, 4.69) is 25.6 Å². The number of amides is 3. The van der Waals surface area contributed by atoms with Crippen LogP contribution in [0.4, 0.5) is 11.4 Å². The third kappa shape index (κ3) is 4.96. The number of halogens is 1. The molecule has 3 amide bonds. The van der Waals surface area contributed by atoms with Gasteiger partial charge in [-0.1, -0.05) is 29.8 Å². The van der Waals surface area contributed by atoms with Gasteiger partial charge >= 0.3 is 0 Å². The van der Waals surface area contributed by atoms with Crippen LogP contribution in [-0.2, 0) is 17.8 Å². The van der Waals surface area contributed by atoms with Gasteiger partial charge in [0.2, 0.25) is 5.91 Å². The average molecular weight is 501 g/mol. The minimum Gasteiger partial charge on any atom is -0.341 e. The number of nitrogens with one attached hydrogen (secondary N) is 3. The summed E-state index contributed by atoms with van der Waals surface area (Å²) >= 11 is 6.12. The van der Waals surface area contributed by atoms with Gasteiger partial charge < -0.3 is 20.5 Å². The zero-order valence-electron chi connectivity index (χ0n) is 18.9. The first-order chi connectivity index (χ1) is 17.5. The van der Waals surface area contributed by atoms with Crippen molar-refractivity contribution in [1.29, 1.82) is 0 Å². The topological polar surface area (TPSA) is 120 Å². The smallest absolute Gasteiger partial charge is 0.291 e. The van der Waals surface area contributed by atoms with Crippen molar-refractivity contribution >= 4 is 40.7 Å². The number of carbonyl (C=O) groups is 3. The molecule has 1 unspecified atom stereocenters. The van der Waals surface area contributed by atoms with Crippen LogP contribution in [0, 0.1) is 0 Å². The number of hydrogen-bond donors (Lipinski definition) is 3. The maximum Gasteiger partial charge on any atom is 0.291 e. The molecule has 2 aromatic carbocycles. The molecule has 180 valence electrons. The van der Waals surface area contributed by atoms with E-state index in [-0.39, 0.29) is 36.5 Å². The Labute approximate surface area is 211 Å². The van der Waals surface area contributed by atoms with E-state index in [9.17, 15) is 14.4 Å². The van der Waals surface area contributed by atoms with Gasteiger partial charge in [0, 0.05) is 48.0 Å². The maximum absolute atomic E-state index is 13.6. The van der Waals surface area contributed by atoms with Crippen LogP contribution < -0.4 is 10.6 Å². The van der Waals surface area contributed by atoms with Crippen LogP contribution in [0.25, 0.3) is 0 Å². The highest BCUT2D eigenvalue weighted by Crippen LogP contribution is 2.29. The monoisotopic (exact) mass is 500 g/mol. The van der Waals surface area contributed by atoms with E-state index >= 15 is 0 Å². The maximum atomic E-state index is 13.6. The number of rotatable bonds is 6. The second-order valence-corrected chi connectivity index (χ2v) is 8.68. The summed E-state index contributed by atoms with van der Waals surface area (Å²) in [5.41, 5.74) is 2.79. The fourth-order valence-electron chi connectivity index (χ4n) is 4.03. The van der Waals surface area contributed by atoms with Crippen LogP contribution in [0.15, 0.2) is 79.3 Å². The minimum absolute atomic E-state index is 0.179. The normalized spacial score (nSPS) is 15.1. The number of carbonyl (C=O) groups excluding carboxylic acids is 3. The molecule has 0 aliphatic carbocycles. The number of benzene rings is 2. The minimum atomic E-state index is -0.795. The van der Waals surface area contributed by atoms with Crippen molar-refractivity contribution < 1.29 is 14.4 Å². The van der Waals surface area contributed by atoms with Gasteiger partial charge in [-0.25, -0.2) is 4.98 Å². The number of pyridine rings is 1. The van der Waals surface area contributed by atoms with Crippen LogP contribution in [0.3, 0.4) is 0 Å². The van der Waals surface area contributed by atoms with Gasteiger partial charge in [-0.05, 0) is 48.0 Å². The van der Waals surface area contributed by atoms with Crippen LogP contribution in [0.1, 0.15) is 32.2 Å². The molecule has 36 heavy (non-hydrogen) atoms. The molecule has 1 atom stereocenters. The van der Waals surface area contributed by atoms with E-state index in [0.717, 1.165) is 5.56 Å². The van der Waals surface area contributed by atoms with Crippen molar-refractivity contribution in [2.75, 3.05) is 10.6 Å². The molecule has 0 fully saturated rings. The molecule has 2 aromatic heterocycles. The van der Waals surface area contributed by atoms with Crippen molar-refractivity contribution in [3.8, 4) is 0 Å². The predicted molar refractivity (Wildman–Crippen MR) is 135 cm³/mol. The fraction of sp³-hybridized carbons (Fsp3) is 0.115. The Morgan fingerprint density at radius 3 is 2.58 bits per heavy atom. The van der Waals surface area contributed by atoms with Crippen molar-refractivity contribution in [3.05, 3.63) is 107 Å². The zero-order valence-corrected chi connectivity index (χ0v) is 19.7. The van der Waals surface area contributed by atoms with E-state index in [1.54, 1.807) is 65.8 Å². The zero-order chi connectivity index (χ0) is 25.1. The summed E-state index contributed by atoms with van der Waals surface area (Å²) in [5.74, 6) is -0.775. The first kappa shape index (κ1) is 23.3. The molecular weight excluding hydrogens is 480 g/mol. The third-order valence-electron chi connectivity index (χ3n) is 5.82. The molecule has 9 nitrogen and oxygen atoms in total. The quantitative estimate of drug-likeness (QED) is 0.370. The molecule has 0 radical (unpaired) electrons. The van der Waals surface area contributed by atoms with Gasteiger partial charge in [0.1, 0.15) is 6.04 Å². The molecule has 0 saturated carbocycles. The Morgan fingerprint density at radius 2 is 1.86 bits per heavy atom. The lowest BCUT2D eigenvalue weighted by atomic mass is 10.1. The summed E-state index contributed by atoms with van der Waals surface area (Å²) in [6.45, 7) is 0.179. The van der Waals surface area contributed by atoms with Crippen LogP contribution in [0.5, 0.6) is 0 Å². The molecular formula is C26H21ClN6O3. The molecule has 10 heteroatoms. The highest BCUT2D eigenvalue weighted by molar-refractivity contribution is 6.31. The molecule has 5 rings (SSSR count). The number of nitrogens with zero attached hydrogens (tertiary/aromatic N) is 3. The lowest BCUT2D eigenvalue weighted by Crippen LogP contribution is -2.46. The second-order valence-electron chi connectivity index (χ2n) is 8.24. The third-order valence-corrected chi connectivity index (χ3v) is 6.05. The number of H-pyrrole nitrogens is 1. The van der Waals surface area contributed by atoms with Crippen LogP contribution in [-0.4, -0.2) is 43.6 Å². The number of fused-ring (bicyclic) bond motifs is 1. The predicted octanol–water partition coefficient (Wildman–Crippen LogP) is 3.92. The van der Waals surface area contributed by atoms with E-state index in [4.69, 9.17) is 11.6 Å². The largest absolute Gasteiger partial charge is 0.341 e. The van der Waals surface area contributed by atoms with Gasteiger partial charge in [-0.3, -0.25) is 19.4 Å². The molecule has 3 heterocycles. The van der Waals surface area contributed by atoms with E-state index < -0.39 is 6.04 Å². The van der Waals surface area contributed by atoms with Gasteiger partial charge in [-0.2, -0.15) is 0 Å². The molecule has 4 aromatic rings. The molecule has 3 N–H and O–H groups in total. The Morgan fingerprint density at radius 1 is 1.03 bits per heavy atom. The summed E-state index contributed by atoms with van der Waals surface area (Å²) in [6, 6.07) is 16.5. The Hall–Kier alpha value is -4.50. The van der Waals surface area contributed by atoms with Gasteiger partial charge in [0.05, 0.1) is 11.3 Å². The van der Waals surface area contributed by atoms with Gasteiger partial charge in [0.25, 0.3) is 11.8 Å². The summed E-state index contributed by atoms with van der Waals surface area (Å²) < 4.78 is 0. The Balaban J connectivity index is 1.42. The molecule has 0 bridgehead atoms. The number of imidazole rings is 1. The summed E-state index contributed by atoms with van der Waals surface area (Å²) in [4.78, 5) is 51.7. The first-order valence-electron chi connectivity index (χ1n) is 11.2. The second kappa shape index (κ2) is 10.0. The van der Waals surface area contributed by atoms with Crippen LogP contribution in [0.2, 0.25) is 5.02 Å². The number of hydrogen-bond acceptors (Lipinski definition) is 5. The summed E-state index contributed by atoms with van der Waals surface area (Å²) in [5, 5.41) is 6.04. The fourth-order valence-corrected chi connectivity index (χ4v) is 4.20. The lowest BCUT2D eigenvalue weighted by Gasteiger charge is -2.28. The van der Waals surface area contributed by atoms with Crippen molar-refractivity contribution in [2.45, 2.75) is 19.0 Å². The highest BCUT2D eigenvalue weighted by Gasteiger charge is 2.35. The number of aromatic amines is 1. The van der Waals surface area contributed by atoms with Crippen molar-refractivity contribution in [1.82, 2.24) is 19.9 Å². The number of anilines is 2. The van der Waals surface area contributed by atoms with E-state index in [0.29, 0.717) is 27.7 Å². The Bertz CT molecular complexity index is 1410. The summed E-state index contributed by atoms with van der Waals surface area (Å²) in [7, 11) is 0. The summed E-state index contributed by atoms with van der Waals surface area (Å²) in [6.07, 6.45) is 4.97. The molecule has 0 spiro atoms. The standard InChI is InChI=1S/C26H21ClN6O3/c27-17-6-9-20-21(13-17)32-24(34)22(14-19-3-1-2-10-28-19)33(26(20)36)15-16-4-7-18(8-5-16)31-25(35)23-29-11-12-30-23/h1-13,22H,14-15H2,(H,29,30)(H,31,35)(H,32,34). The van der Waals surface area contributed by atoms with E-state index in [1.807, 2.05) is 12.1 Å².